The molecular formula is C16H16N4O. The lowest BCUT2D eigenvalue weighted by Gasteiger charge is -2.07. The van der Waals surface area contributed by atoms with Gasteiger partial charge in [-0.1, -0.05) is 18.1 Å². The predicted molar refractivity (Wildman–Crippen MR) is 79.8 cm³/mol. The third-order valence-electron chi connectivity index (χ3n) is 4.14. The molecule has 1 N–H and O–H groups in total. The number of hydrogen-bond acceptors (Lipinski definition) is 5. The monoisotopic (exact) mass is 280 g/mol. The smallest absolute Gasteiger partial charge is 0.231 e. The highest BCUT2D eigenvalue weighted by atomic mass is 16.5. The minimum absolute atomic E-state index is 0.313. The Morgan fingerprint density at radius 1 is 1.24 bits per heavy atom. The number of nitrogens with zero attached hydrogens (tertiary/aromatic N) is 3. The Bertz CT molecular complexity index is 783. The average molecular weight is 280 g/mol. The molecule has 0 radical (unpaired) electrons. The minimum atomic E-state index is 0.313. The molecule has 4 rings (SSSR count). The van der Waals surface area contributed by atoms with Gasteiger partial charge in [0.25, 0.3) is 0 Å². The van der Waals surface area contributed by atoms with Crippen LogP contribution in [-0.4, -0.2) is 28.2 Å². The molecule has 5 nitrogen and oxygen atoms in total. The van der Waals surface area contributed by atoms with Gasteiger partial charge >= 0.3 is 0 Å². The third-order valence-corrected chi connectivity index (χ3v) is 4.14. The summed E-state index contributed by atoms with van der Waals surface area (Å²) in [6.45, 7) is 4.12. The van der Waals surface area contributed by atoms with Gasteiger partial charge < -0.3 is 9.84 Å². The Balaban J connectivity index is 1.70. The zero-order chi connectivity index (χ0) is 14.2. The van der Waals surface area contributed by atoms with E-state index in [1.807, 2.05) is 30.3 Å². The maximum absolute atomic E-state index is 5.47. The number of benzene rings is 1. The Kier molecular flexibility index (Phi) is 2.93. The molecule has 0 amide bonds. The van der Waals surface area contributed by atoms with E-state index in [0.717, 1.165) is 35.4 Å². The molecule has 3 heterocycles. The standard InChI is InChI=1S/C16H16N4O/c1-10-8-17-9-13(10)16-19-15(20-21-16)12-4-5-14-11(7-12)3-2-6-18-14/h2-7,10,13,17H,8-9H2,1H3/t10-,13-/m1/s1. The lowest BCUT2D eigenvalue weighted by Crippen LogP contribution is -2.08. The summed E-state index contributed by atoms with van der Waals surface area (Å²) in [5, 5.41) is 8.58. The van der Waals surface area contributed by atoms with Gasteiger partial charge in [0.1, 0.15) is 0 Å². The van der Waals surface area contributed by atoms with Crippen molar-refractivity contribution in [2.75, 3.05) is 13.1 Å². The molecule has 2 atom stereocenters. The second-order valence-corrected chi connectivity index (χ2v) is 5.61. The molecule has 3 aromatic rings. The summed E-state index contributed by atoms with van der Waals surface area (Å²) in [6, 6.07) is 9.99. The van der Waals surface area contributed by atoms with E-state index in [2.05, 4.69) is 27.4 Å². The van der Waals surface area contributed by atoms with Crippen LogP contribution in [0.2, 0.25) is 0 Å². The maximum atomic E-state index is 5.47. The summed E-state index contributed by atoms with van der Waals surface area (Å²) in [6.07, 6.45) is 1.79. The van der Waals surface area contributed by atoms with Crippen LogP contribution in [0, 0.1) is 5.92 Å². The normalized spacial score (nSPS) is 22.0. The van der Waals surface area contributed by atoms with Crippen LogP contribution in [0.25, 0.3) is 22.3 Å². The van der Waals surface area contributed by atoms with Crippen molar-refractivity contribution in [3.63, 3.8) is 0 Å². The van der Waals surface area contributed by atoms with Gasteiger partial charge in [0, 0.05) is 23.7 Å². The summed E-state index contributed by atoms with van der Waals surface area (Å²) >= 11 is 0. The first-order valence-corrected chi connectivity index (χ1v) is 7.21. The quantitative estimate of drug-likeness (QED) is 0.781. The van der Waals surface area contributed by atoms with Crippen LogP contribution >= 0.6 is 0 Å². The van der Waals surface area contributed by atoms with E-state index in [1.54, 1.807) is 6.20 Å². The first-order valence-electron chi connectivity index (χ1n) is 7.21. The fourth-order valence-electron chi connectivity index (χ4n) is 2.86. The van der Waals surface area contributed by atoms with Crippen molar-refractivity contribution in [2.24, 2.45) is 5.92 Å². The van der Waals surface area contributed by atoms with E-state index in [1.165, 1.54) is 0 Å². The van der Waals surface area contributed by atoms with E-state index < -0.39 is 0 Å². The van der Waals surface area contributed by atoms with E-state index in [9.17, 15) is 0 Å². The van der Waals surface area contributed by atoms with Crippen LogP contribution in [0.4, 0.5) is 0 Å². The lowest BCUT2D eigenvalue weighted by molar-refractivity contribution is 0.340. The highest BCUT2D eigenvalue weighted by Gasteiger charge is 2.29. The van der Waals surface area contributed by atoms with Crippen LogP contribution in [-0.2, 0) is 0 Å². The molecule has 0 bridgehead atoms. The second kappa shape index (κ2) is 4.93. The molecule has 0 aliphatic carbocycles. The highest BCUT2D eigenvalue weighted by Crippen LogP contribution is 2.28. The van der Waals surface area contributed by atoms with E-state index >= 15 is 0 Å². The molecule has 1 aromatic carbocycles. The molecule has 21 heavy (non-hydrogen) atoms. The molecule has 0 spiro atoms. The van der Waals surface area contributed by atoms with Gasteiger partial charge in [0.05, 0.1) is 11.4 Å². The molecule has 2 aromatic heterocycles. The molecule has 1 aliphatic heterocycles. The number of fused-ring (bicyclic) bond motifs is 1. The van der Waals surface area contributed by atoms with Gasteiger partial charge in [-0.15, -0.1) is 0 Å². The fraction of sp³-hybridized carbons (Fsp3) is 0.312. The molecule has 1 aliphatic rings. The first kappa shape index (κ1) is 12.5. The largest absolute Gasteiger partial charge is 0.339 e. The predicted octanol–water partition coefficient (Wildman–Crippen LogP) is 2.61. The summed E-state index contributed by atoms with van der Waals surface area (Å²) in [7, 11) is 0. The van der Waals surface area contributed by atoms with Crippen molar-refractivity contribution in [3.8, 4) is 11.4 Å². The topological polar surface area (TPSA) is 63.8 Å². The van der Waals surface area contributed by atoms with E-state index in [0.29, 0.717) is 17.7 Å². The van der Waals surface area contributed by atoms with Crippen molar-refractivity contribution in [3.05, 3.63) is 42.4 Å². The molecule has 1 fully saturated rings. The summed E-state index contributed by atoms with van der Waals surface area (Å²) in [5.41, 5.74) is 1.93. The Hall–Kier alpha value is -2.27. The third kappa shape index (κ3) is 2.19. The first-order chi connectivity index (χ1) is 10.3. The Morgan fingerprint density at radius 2 is 2.19 bits per heavy atom. The summed E-state index contributed by atoms with van der Waals surface area (Å²) in [4.78, 5) is 8.90. The van der Waals surface area contributed by atoms with E-state index in [-0.39, 0.29) is 0 Å². The SMILES string of the molecule is C[C@@H]1CNC[C@H]1c1nc(-c2ccc3ncccc3c2)no1. The fourth-order valence-corrected chi connectivity index (χ4v) is 2.86. The zero-order valence-corrected chi connectivity index (χ0v) is 11.8. The van der Waals surface area contributed by atoms with Crippen LogP contribution in [0.3, 0.4) is 0 Å². The molecule has 106 valence electrons. The number of rotatable bonds is 2. The molecule has 1 saturated heterocycles. The second-order valence-electron chi connectivity index (χ2n) is 5.61. The van der Waals surface area contributed by atoms with Gasteiger partial charge in [-0.2, -0.15) is 4.98 Å². The van der Waals surface area contributed by atoms with Crippen LogP contribution < -0.4 is 5.32 Å². The maximum Gasteiger partial charge on any atom is 0.231 e. The number of hydrogen-bond donors (Lipinski definition) is 1. The number of nitrogens with one attached hydrogen (secondary N) is 1. The van der Waals surface area contributed by atoms with Gasteiger partial charge in [-0.3, -0.25) is 4.98 Å². The Morgan fingerprint density at radius 3 is 3.05 bits per heavy atom. The van der Waals surface area contributed by atoms with Crippen molar-refractivity contribution < 1.29 is 4.52 Å². The van der Waals surface area contributed by atoms with Crippen LogP contribution in [0.1, 0.15) is 18.7 Å². The van der Waals surface area contributed by atoms with Crippen molar-refractivity contribution in [1.82, 2.24) is 20.4 Å². The van der Waals surface area contributed by atoms with Gasteiger partial charge in [0.2, 0.25) is 11.7 Å². The van der Waals surface area contributed by atoms with E-state index in [4.69, 9.17) is 4.52 Å². The zero-order valence-electron chi connectivity index (χ0n) is 11.8. The summed E-state index contributed by atoms with van der Waals surface area (Å²) in [5.74, 6) is 2.22. The number of pyridine rings is 1. The van der Waals surface area contributed by atoms with Crippen molar-refractivity contribution >= 4 is 10.9 Å². The minimum Gasteiger partial charge on any atom is -0.339 e. The average Bonchev–Trinajstić information content (AvgIpc) is 3.15. The summed E-state index contributed by atoms with van der Waals surface area (Å²) < 4.78 is 5.47. The van der Waals surface area contributed by atoms with Gasteiger partial charge in [-0.05, 0) is 36.7 Å². The van der Waals surface area contributed by atoms with Crippen LogP contribution in [0.15, 0.2) is 41.1 Å². The van der Waals surface area contributed by atoms with Crippen molar-refractivity contribution in [1.29, 1.82) is 0 Å². The number of aromatic nitrogens is 3. The molecule has 5 heteroatoms. The van der Waals surface area contributed by atoms with Gasteiger partial charge in [0.15, 0.2) is 0 Å². The Labute approximate surface area is 122 Å². The lowest BCUT2D eigenvalue weighted by atomic mass is 9.98. The molecular weight excluding hydrogens is 264 g/mol. The van der Waals surface area contributed by atoms with Gasteiger partial charge in [-0.25, -0.2) is 0 Å². The van der Waals surface area contributed by atoms with Crippen molar-refractivity contribution in [2.45, 2.75) is 12.8 Å². The molecule has 0 unspecified atom stereocenters. The van der Waals surface area contributed by atoms with Crippen LogP contribution in [0.5, 0.6) is 0 Å². The highest BCUT2D eigenvalue weighted by molar-refractivity contribution is 5.82. The molecule has 0 saturated carbocycles.